The van der Waals surface area contributed by atoms with Crippen molar-refractivity contribution in [3.8, 4) is 0 Å². The van der Waals surface area contributed by atoms with Crippen molar-refractivity contribution in [2.24, 2.45) is 5.92 Å². The van der Waals surface area contributed by atoms with E-state index in [-0.39, 0.29) is 19.5 Å². The van der Waals surface area contributed by atoms with Crippen LogP contribution in [0.3, 0.4) is 0 Å². The van der Waals surface area contributed by atoms with Crippen molar-refractivity contribution < 1.29 is 23.4 Å². The van der Waals surface area contributed by atoms with Crippen molar-refractivity contribution >= 4 is 16.0 Å². The summed E-state index contributed by atoms with van der Waals surface area (Å²) in [5.41, 5.74) is 0. The van der Waals surface area contributed by atoms with Gasteiger partial charge in [0.25, 0.3) is 0 Å². The highest BCUT2D eigenvalue weighted by molar-refractivity contribution is 7.88. The van der Waals surface area contributed by atoms with E-state index in [4.69, 9.17) is 5.11 Å². The smallest absolute Gasteiger partial charge is 0.310 e. The standard InChI is InChI=1S/C7H13NO5S/c1-14(12,13)8-3-2-6(9)5(4-8)7(10)11/h5-6,9H,2-4H2,1H3,(H,10,11). The Kier molecular flexibility index (Phi) is 3.13. The first-order chi connectivity index (χ1) is 6.32. The average molecular weight is 223 g/mol. The number of hydrogen-bond donors (Lipinski definition) is 2. The predicted octanol–water partition coefficient (Wildman–Crippen LogP) is -1.29. The van der Waals surface area contributed by atoms with Gasteiger partial charge in [-0.25, -0.2) is 12.7 Å². The number of carbonyl (C=O) groups is 1. The van der Waals surface area contributed by atoms with Crippen LogP contribution in [0.25, 0.3) is 0 Å². The summed E-state index contributed by atoms with van der Waals surface area (Å²) in [4.78, 5) is 10.7. The molecule has 1 fully saturated rings. The van der Waals surface area contributed by atoms with Gasteiger partial charge in [0.2, 0.25) is 10.0 Å². The quantitative estimate of drug-likeness (QED) is 0.607. The van der Waals surface area contributed by atoms with Crippen molar-refractivity contribution in [3.05, 3.63) is 0 Å². The second kappa shape index (κ2) is 3.84. The van der Waals surface area contributed by atoms with Crippen LogP contribution in [0, 0.1) is 5.92 Å². The van der Waals surface area contributed by atoms with Crippen LogP contribution in [0.2, 0.25) is 0 Å². The third kappa shape index (κ3) is 2.43. The molecule has 0 radical (unpaired) electrons. The van der Waals surface area contributed by atoms with Gasteiger partial charge >= 0.3 is 5.97 Å². The van der Waals surface area contributed by atoms with Gasteiger partial charge in [0.15, 0.2) is 0 Å². The molecule has 0 saturated carbocycles. The molecule has 0 amide bonds. The van der Waals surface area contributed by atoms with Crippen molar-refractivity contribution in [2.75, 3.05) is 19.3 Å². The Morgan fingerprint density at radius 2 is 2.07 bits per heavy atom. The summed E-state index contributed by atoms with van der Waals surface area (Å²) < 4.78 is 23.3. The van der Waals surface area contributed by atoms with Crippen molar-refractivity contribution in [2.45, 2.75) is 12.5 Å². The SMILES string of the molecule is CS(=O)(=O)N1CCC(O)C(C(=O)O)C1. The molecular weight excluding hydrogens is 210 g/mol. The molecular formula is C7H13NO5S. The molecule has 2 unspecified atom stereocenters. The summed E-state index contributed by atoms with van der Waals surface area (Å²) >= 11 is 0. The zero-order valence-electron chi connectivity index (χ0n) is 7.75. The monoisotopic (exact) mass is 223 g/mol. The highest BCUT2D eigenvalue weighted by Crippen LogP contribution is 2.19. The number of aliphatic hydroxyl groups is 1. The molecule has 1 heterocycles. The minimum absolute atomic E-state index is 0.144. The fraction of sp³-hybridized carbons (Fsp3) is 0.857. The van der Waals surface area contributed by atoms with Crippen LogP contribution >= 0.6 is 0 Å². The molecule has 1 aliphatic rings. The molecule has 7 heteroatoms. The van der Waals surface area contributed by atoms with Crippen molar-refractivity contribution in [1.29, 1.82) is 0 Å². The van der Waals surface area contributed by atoms with Crippen LogP contribution in [0.4, 0.5) is 0 Å². The van der Waals surface area contributed by atoms with Crippen LogP contribution in [-0.2, 0) is 14.8 Å². The number of aliphatic hydroxyl groups excluding tert-OH is 1. The first-order valence-electron chi connectivity index (χ1n) is 4.18. The van der Waals surface area contributed by atoms with Gasteiger partial charge < -0.3 is 10.2 Å². The fourth-order valence-electron chi connectivity index (χ4n) is 1.45. The predicted molar refractivity (Wildman–Crippen MR) is 48.2 cm³/mol. The van der Waals surface area contributed by atoms with Gasteiger partial charge in [-0.3, -0.25) is 4.79 Å². The topological polar surface area (TPSA) is 94.9 Å². The summed E-state index contributed by atoms with van der Waals surface area (Å²) in [6.45, 7) is 0.0408. The number of sulfonamides is 1. The van der Waals surface area contributed by atoms with Gasteiger partial charge in [-0.05, 0) is 6.42 Å². The zero-order valence-corrected chi connectivity index (χ0v) is 8.57. The van der Waals surface area contributed by atoms with E-state index in [2.05, 4.69) is 0 Å². The van der Waals surface area contributed by atoms with Crippen molar-refractivity contribution in [1.82, 2.24) is 4.31 Å². The van der Waals surface area contributed by atoms with E-state index in [9.17, 15) is 18.3 Å². The van der Waals surface area contributed by atoms with Gasteiger partial charge in [0.05, 0.1) is 18.3 Å². The molecule has 82 valence electrons. The van der Waals surface area contributed by atoms with Gasteiger partial charge in [0.1, 0.15) is 0 Å². The molecule has 1 saturated heterocycles. The van der Waals surface area contributed by atoms with Crippen LogP contribution < -0.4 is 0 Å². The van der Waals surface area contributed by atoms with Crippen LogP contribution in [0.1, 0.15) is 6.42 Å². The number of aliphatic carboxylic acids is 1. The van der Waals surface area contributed by atoms with Crippen LogP contribution in [-0.4, -0.2) is 54.4 Å². The maximum Gasteiger partial charge on any atom is 0.310 e. The number of carboxylic acids is 1. The summed E-state index contributed by atoms with van der Waals surface area (Å²) in [5.74, 6) is -2.18. The number of piperidine rings is 1. The van der Waals surface area contributed by atoms with E-state index >= 15 is 0 Å². The van der Waals surface area contributed by atoms with Gasteiger partial charge in [-0.1, -0.05) is 0 Å². The third-order valence-corrected chi connectivity index (χ3v) is 3.59. The van der Waals surface area contributed by atoms with Gasteiger partial charge in [0, 0.05) is 13.1 Å². The molecule has 0 aromatic heterocycles. The lowest BCUT2D eigenvalue weighted by Crippen LogP contribution is -2.48. The molecule has 1 rings (SSSR count). The first-order valence-corrected chi connectivity index (χ1v) is 6.03. The highest BCUT2D eigenvalue weighted by atomic mass is 32.2. The van der Waals surface area contributed by atoms with Crippen LogP contribution in [0.5, 0.6) is 0 Å². The molecule has 2 N–H and O–H groups in total. The molecule has 2 atom stereocenters. The Bertz CT molecular complexity index is 325. The summed E-state index contributed by atoms with van der Waals surface area (Å²) in [7, 11) is -3.36. The van der Waals surface area contributed by atoms with E-state index in [0.717, 1.165) is 10.6 Å². The van der Waals surface area contributed by atoms with E-state index in [1.165, 1.54) is 0 Å². The fourth-order valence-corrected chi connectivity index (χ4v) is 2.32. The van der Waals surface area contributed by atoms with E-state index < -0.39 is 28.0 Å². The lowest BCUT2D eigenvalue weighted by atomic mass is 9.96. The molecule has 14 heavy (non-hydrogen) atoms. The Labute approximate surface area is 82.2 Å². The molecule has 0 bridgehead atoms. The summed E-state index contributed by atoms with van der Waals surface area (Å²) in [6.07, 6.45) is 0.249. The highest BCUT2D eigenvalue weighted by Gasteiger charge is 2.36. The molecule has 0 aromatic carbocycles. The minimum atomic E-state index is -3.36. The Morgan fingerprint density at radius 3 is 2.50 bits per heavy atom. The molecule has 0 aromatic rings. The second-order valence-electron chi connectivity index (χ2n) is 3.42. The summed E-state index contributed by atoms with van der Waals surface area (Å²) in [5, 5.41) is 18.0. The maximum atomic E-state index is 11.1. The molecule has 0 aliphatic carbocycles. The molecule has 6 nitrogen and oxygen atoms in total. The second-order valence-corrected chi connectivity index (χ2v) is 5.40. The lowest BCUT2D eigenvalue weighted by Gasteiger charge is -2.32. The van der Waals surface area contributed by atoms with E-state index in [1.807, 2.05) is 0 Å². The maximum absolute atomic E-state index is 11.1. The van der Waals surface area contributed by atoms with Gasteiger partial charge in [-0.15, -0.1) is 0 Å². The van der Waals surface area contributed by atoms with Gasteiger partial charge in [-0.2, -0.15) is 0 Å². The Hall–Kier alpha value is -0.660. The number of rotatable bonds is 2. The van der Waals surface area contributed by atoms with Crippen molar-refractivity contribution in [3.63, 3.8) is 0 Å². The molecule has 1 aliphatic heterocycles. The minimum Gasteiger partial charge on any atom is -0.481 e. The number of hydrogen-bond acceptors (Lipinski definition) is 4. The number of nitrogens with zero attached hydrogens (tertiary/aromatic N) is 1. The van der Waals surface area contributed by atoms with E-state index in [0.29, 0.717) is 0 Å². The third-order valence-electron chi connectivity index (χ3n) is 2.33. The normalized spacial score (nSPS) is 30.1. The first kappa shape index (κ1) is 11.4. The largest absolute Gasteiger partial charge is 0.481 e. The Balaban J connectivity index is 2.77. The van der Waals surface area contributed by atoms with Crippen LogP contribution in [0.15, 0.2) is 0 Å². The van der Waals surface area contributed by atoms with E-state index in [1.54, 1.807) is 0 Å². The average Bonchev–Trinajstić information content (AvgIpc) is 2.02. The molecule has 0 spiro atoms. The summed E-state index contributed by atoms with van der Waals surface area (Å²) in [6, 6.07) is 0. The Morgan fingerprint density at radius 1 is 1.50 bits per heavy atom. The zero-order chi connectivity index (χ0) is 10.9. The lowest BCUT2D eigenvalue weighted by molar-refractivity contribution is -0.147. The number of carboxylic acid groups (broad SMARTS) is 1.